The smallest absolute Gasteiger partial charge is 0.119 e. The summed E-state index contributed by atoms with van der Waals surface area (Å²) in [5.41, 5.74) is 3.74. The van der Waals surface area contributed by atoms with Gasteiger partial charge in [-0.3, -0.25) is 0 Å². The Balaban J connectivity index is 1.99. The number of hydrogen-bond donors (Lipinski definition) is 0. The molecule has 0 heterocycles. The summed E-state index contributed by atoms with van der Waals surface area (Å²) in [5.74, 6) is 0.895. The van der Waals surface area contributed by atoms with Gasteiger partial charge in [0.15, 0.2) is 0 Å². The quantitative estimate of drug-likeness (QED) is 0.580. The Kier molecular flexibility index (Phi) is 3.74. The van der Waals surface area contributed by atoms with Crippen LogP contribution in [0.4, 0.5) is 0 Å². The molecule has 0 aliphatic carbocycles. The Morgan fingerprint density at radius 2 is 1.57 bits per heavy atom. The Hall–Kier alpha value is -2.54. The predicted molar refractivity (Wildman–Crippen MR) is 90.5 cm³/mol. The fourth-order valence-electron chi connectivity index (χ4n) is 2.48. The van der Waals surface area contributed by atoms with Gasteiger partial charge >= 0.3 is 0 Å². The Morgan fingerprint density at radius 3 is 2.33 bits per heavy atom. The van der Waals surface area contributed by atoms with Gasteiger partial charge in [0.25, 0.3) is 0 Å². The first-order valence-electron chi connectivity index (χ1n) is 7.08. The van der Waals surface area contributed by atoms with Crippen LogP contribution in [0.25, 0.3) is 22.4 Å². The highest BCUT2D eigenvalue weighted by Gasteiger charge is 2.01. The van der Waals surface area contributed by atoms with Crippen LogP contribution in [-0.4, -0.2) is 7.11 Å². The van der Waals surface area contributed by atoms with Crippen LogP contribution in [0.1, 0.15) is 18.1 Å². The minimum Gasteiger partial charge on any atom is -0.497 e. The van der Waals surface area contributed by atoms with Crippen LogP contribution >= 0.6 is 0 Å². The van der Waals surface area contributed by atoms with Gasteiger partial charge in [-0.25, -0.2) is 0 Å². The minimum atomic E-state index is 0.895. The maximum Gasteiger partial charge on any atom is 0.119 e. The van der Waals surface area contributed by atoms with Crippen molar-refractivity contribution in [3.8, 4) is 5.75 Å². The van der Waals surface area contributed by atoms with Crippen LogP contribution in [0.5, 0.6) is 5.75 Å². The van der Waals surface area contributed by atoms with E-state index in [-0.39, 0.29) is 0 Å². The molecule has 21 heavy (non-hydrogen) atoms. The lowest BCUT2D eigenvalue weighted by Gasteiger charge is -2.06. The summed E-state index contributed by atoms with van der Waals surface area (Å²) in [6.45, 7) is 2.15. The second-order valence-electron chi connectivity index (χ2n) is 5.17. The van der Waals surface area contributed by atoms with Crippen molar-refractivity contribution in [3.05, 3.63) is 77.9 Å². The van der Waals surface area contributed by atoms with Gasteiger partial charge in [0, 0.05) is 0 Å². The molecule has 0 fully saturated rings. The van der Waals surface area contributed by atoms with Crippen molar-refractivity contribution in [1.82, 2.24) is 0 Å². The summed E-state index contributed by atoms with van der Waals surface area (Å²) < 4.78 is 5.27. The van der Waals surface area contributed by atoms with E-state index in [4.69, 9.17) is 4.74 Å². The largest absolute Gasteiger partial charge is 0.497 e. The molecule has 3 rings (SSSR count). The van der Waals surface area contributed by atoms with E-state index in [1.54, 1.807) is 7.11 Å². The van der Waals surface area contributed by atoms with Crippen molar-refractivity contribution in [1.29, 1.82) is 0 Å². The van der Waals surface area contributed by atoms with Crippen molar-refractivity contribution >= 4 is 22.4 Å². The Morgan fingerprint density at radius 1 is 0.857 bits per heavy atom. The lowest BCUT2D eigenvalue weighted by Crippen LogP contribution is -1.84. The van der Waals surface area contributed by atoms with Crippen LogP contribution in [0.2, 0.25) is 0 Å². The standard InChI is InChI=1S/C20H18O/c1-15(12-16-6-4-3-5-7-16)17-8-9-19-14-20(21-2)11-10-18(19)13-17/h3-14H,1-2H3/b15-12+. The zero-order valence-corrected chi connectivity index (χ0v) is 12.3. The van der Waals surface area contributed by atoms with E-state index < -0.39 is 0 Å². The molecule has 1 heteroatoms. The molecule has 0 radical (unpaired) electrons. The highest BCUT2D eigenvalue weighted by Crippen LogP contribution is 2.25. The number of fused-ring (bicyclic) bond motifs is 1. The maximum atomic E-state index is 5.27. The zero-order valence-electron chi connectivity index (χ0n) is 12.3. The molecular weight excluding hydrogens is 256 g/mol. The molecule has 0 amide bonds. The van der Waals surface area contributed by atoms with E-state index in [1.807, 2.05) is 12.1 Å². The third-order valence-electron chi connectivity index (χ3n) is 3.69. The second-order valence-corrected chi connectivity index (χ2v) is 5.17. The second kappa shape index (κ2) is 5.84. The first kappa shape index (κ1) is 13.4. The van der Waals surface area contributed by atoms with Crippen molar-refractivity contribution in [2.75, 3.05) is 7.11 Å². The molecule has 3 aromatic carbocycles. The average Bonchev–Trinajstić information content (AvgIpc) is 2.54. The fraction of sp³-hybridized carbons (Fsp3) is 0.100. The van der Waals surface area contributed by atoms with Gasteiger partial charge in [-0.05, 0) is 52.6 Å². The fourth-order valence-corrected chi connectivity index (χ4v) is 2.48. The molecule has 0 N–H and O–H groups in total. The first-order valence-corrected chi connectivity index (χ1v) is 7.08. The van der Waals surface area contributed by atoms with Gasteiger partial charge in [-0.1, -0.05) is 54.6 Å². The molecule has 0 atom stereocenters. The normalized spacial score (nSPS) is 11.6. The van der Waals surface area contributed by atoms with Gasteiger partial charge in [0.2, 0.25) is 0 Å². The summed E-state index contributed by atoms with van der Waals surface area (Å²) in [5, 5.41) is 2.43. The first-order chi connectivity index (χ1) is 10.3. The highest BCUT2D eigenvalue weighted by molar-refractivity contribution is 5.89. The third-order valence-corrected chi connectivity index (χ3v) is 3.69. The zero-order chi connectivity index (χ0) is 14.7. The van der Waals surface area contributed by atoms with E-state index in [9.17, 15) is 0 Å². The van der Waals surface area contributed by atoms with Gasteiger partial charge in [0.1, 0.15) is 5.75 Å². The lowest BCUT2D eigenvalue weighted by molar-refractivity contribution is 0.415. The van der Waals surface area contributed by atoms with Gasteiger partial charge in [-0.2, -0.15) is 0 Å². The van der Waals surface area contributed by atoms with Crippen LogP contribution in [0.15, 0.2) is 66.7 Å². The molecule has 0 aliphatic rings. The summed E-state index contributed by atoms with van der Waals surface area (Å²) in [4.78, 5) is 0. The maximum absolute atomic E-state index is 5.27. The molecule has 104 valence electrons. The number of rotatable bonds is 3. The van der Waals surface area contributed by atoms with Crippen molar-refractivity contribution < 1.29 is 4.74 Å². The molecule has 0 saturated carbocycles. The Bertz CT molecular complexity index is 785. The number of ether oxygens (including phenoxy) is 1. The third kappa shape index (κ3) is 2.97. The number of methoxy groups -OCH3 is 1. The molecule has 0 aromatic heterocycles. The Labute approximate surface area is 125 Å². The lowest BCUT2D eigenvalue weighted by atomic mass is 10.0. The van der Waals surface area contributed by atoms with Gasteiger partial charge in [0.05, 0.1) is 7.11 Å². The molecule has 0 spiro atoms. The average molecular weight is 274 g/mol. The van der Waals surface area contributed by atoms with E-state index in [0.717, 1.165) is 5.75 Å². The van der Waals surface area contributed by atoms with Crippen LogP contribution in [0, 0.1) is 0 Å². The highest BCUT2D eigenvalue weighted by atomic mass is 16.5. The van der Waals surface area contributed by atoms with Crippen LogP contribution in [-0.2, 0) is 0 Å². The van der Waals surface area contributed by atoms with Gasteiger partial charge < -0.3 is 4.74 Å². The molecule has 1 nitrogen and oxygen atoms in total. The predicted octanol–water partition coefficient (Wildman–Crippen LogP) is 5.41. The van der Waals surface area contributed by atoms with Crippen molar-refractivity contribution in [2.24, 2.45) is 0 Å². The monoisotopic (exact) mass is 274 g/mol. The van der Waals surface area contributed by atoms with Crippen molar-refractivity contribution in [2.45, 2.75) is 6.92 Å². The van der Waals surface area contributed by atoms with E-state index in [0.29, 0.717) is 0 Å². The van der Waals surface area contributed by atoms with Crippen LogP contribution < -0.4 is 4.74 Å². The summed E-state index contributed by atoms with van der Waals surface area (Å²) in [6, 6.07) is 23.1. The van der Waals surface area contributed by atoms with Gasteiger partial charge in [-0.15, -0.1) is 0 Å². The summed E-state index contributed by atoms with van der Waals surface area (Å²) in [6.07, 6.45) is 2.21. The van der Waals surface area contributed by atoms with E-state index in [1.165, 1.54) is 27.5 Å². The van der Waals surface area contributed by atoms with Crippen LogP contribution in [0.3, 0.4) is 0 Å². The SMILES string of the molecule is COc1ccc2cc(/C(C)=C/c3ccccc3)ccc2c1. The molecule has 0 bridgehead atoms. The summed E-state index contributed by atoms with van der Waals surface area (Å²) in [7, 11) is 1.70. The topological polar surface area (TPSA) is 9.23 Å². The molecular formula is C20H18O. The number of hydrogen-bond acceptors (Lipinski definition) is 1. The molecule has 0 aliphatic heterocycles. The summed E-state index contributed by atoms with van der Waals surface area (Å²) >= 11 is 0. The molecule has 0 saturated heterocycles. The number of allylic oxidation sites excluding steroid dienone is 1. The minimum absolute atomic E-state index is 0.895. The molecule has 3 aromatic rings. The van der Waals surface area contributed by atoms with Crippen molar-refractivity contribution in [3.63, 3.8) is 0 Å². The number of benzene rings is 3. The van der Waals surface area contributed by atoms with E-state index in [2.05, 4.69) is 67.6 Å². The van der Waals surface area contributed by atoms with E-state index >= 15 is 0 Å². The molecule has 0 unspecified atom stereocenters.